The van der Waals surface area contributed by atoms with Crippen molar-refractivity contribution in [3.05, 3.63) is 95.9 Å². The Bertz CT molecular complexity index is 1180. The van der Waals surface area contributed by atoms with Crippen molar-refractivity contribution in [1.29, 1.82) is 0 Å². The molecule has 6 heteroatoms. The molecule has 0 aliphatic carbocycles. The highest BCUT2D eigenvalue weighted by atomic mass is 16.2. The molecule has 2 heterocycles. The Morgan fingerprint density at radius 1 is 0.968 bits per heavy atom. The number of anilines is 1. The molecule has 1 unspecified atom stereocenters. The molecule has 2 amide bonds. The van der Waals surface area contributed by atoms with Crippen molar-refractivity contribution in [3.63, 3.8) is 0 Å². The molecule has 0 spiro atoms. The zero-order chi connectivity index (χ0) is 21.6. The Labute approximate surface area is 180 Å². The standard InChI is InChI=1S/C25H24N4O2/c1-17(30)28-24(15-20-16-27-23-5-3-2-4-22(20)23)25(31)29-21-8-6-18(7-9-21)14-19-10-12-26-13-11-19/h2-13,16,24,27H,14-15H2,1H3,(H,28,30)(H,29,31). The number of carbonyl (C=O) groups is 2. The second-order valence-electron chi connectivity index (χ2n) is 7.54. The van der Waals surface area contributed by atoms with Crippen LogP contribution in [-0.2, 0) is 22.4 Å². The van der Waals surface area contributed by atoms with Crippen LogP contribution in [0.15, 0.2) is 79.3 Å². The molecule has 0 radical (unpaired) electrons. The molecule has 156 valence electrons. The van der Waals surface area contributed by atoms with E-state index in [1.54, 1.807) is 12.4 Å². The molecule has 4 aromatic rings. The molecule has 4 rings (SSSR count). The number of aromatic nitrogens is 2. The second-order valence-corrected chi connectivity index (χ2v) is 7.54. The van der Waals surface area contributed by atoms with E-state index in [4.69, 9.17) is 0 Å². The van der Waals surface area contributed by atoms with Crippen LogP contribution in [-0.4, -0.2) is 27.8 Å². The van der Waals surface area contributed by atoms with Crippen molar-refractivity contribution in [3.8, 4) is 0 Å². The smallest absolute Gasteiger partial charge is 0.247 e. The van der Waals surface area contributed by atoms with Crippen LogP contribution in [0.3, 0.4) is 0 Å². The molecular weight excluding hydrogens is 388 g/mol. The molecule has 0 bridgehead atoms. The van der Waals surface area contributed by atoms with Gasteiger partial charge in [-0.25, -0.2) is 0 Å². The second kappa shape index (κ2) is 9.26. The number of nitrogens with zero attached hydrogens (tertiary/aromatic N) is 1. The number of H-pyrrole nitrogens is 1. The van der Waals surface area contributed by atoms with E-state index in [0.717, 1.165) is 28.5 Å². The summed E-state index contributed by atoms with van der Waals surface area (Å²) in [6.07, 6.45) is 6.64. The fourth-order valence-corrected chi connectivity index (χ4v) is 3.65. The van der Waals surface area contributed by atoms with E-state index in [0.29, 0.717) is 12.1 Å². The van der Waals surface area contributed by atoms with E-state index in [9.17, 15) is 9.59 Å². The first kappa shape index (κ1) is 20.3. The highest BCUT2D eigenvalue weighted by Crippen LogP contribution is 2.20. The van der Waals surface area contributed by atoms with E-state index in [2.05, 4.69) is 20.6 Å². The number of fused-ring (bicyclic) bond motifs is 1. The number of pyridine rings is 1. The first-order chi connectivity index (χ1) is 15.1. The van der Waals surface area contributed by atoms with Gasteiger partial charge in [0.05, 0.1) is 0 Å². The summed E-state index contributed by atoms with van der Waals surface area (Å²) in [6, 6.07) is 18.9. The van der Waals surface area contributed by atoms with Crippen LogP contribution in [0.1, 0.15) is 23.6 Å². The summed E-state index contributed by atoms with van der Waals surface area (Å²) < 4.78 is 0. The summed E-state index contributed by atoms with van der Waals surface area (Å²) in [5.74, 6) is -0.491. The molecule has 31 heavy (non-hydrogen) atoms. The van der Waals surface area contributed by atoms with E-state index < -0.39 is 6.04 Å². The molecule has 0 saturated heterocycles. The zero-order valence-electron chi connectivity index (χ0n) is 17.3. The number of hydrogen-bond donors (Lipinski definition) is 3. The van der Waals surface area contributed by atoms with E-state index in [1.807, 2.05) is 66.9 Å². The molecule has 0 fully saturated rings. The predicted octanol–water partition coefficient (Wildman–Crippen LogP) is 3.84. The summed E-state index contributed by atoms with van der Waals surface area (Å²) in [4.78, 5) is 31.9. The first-order valence-electron chi connectivity index (χ1n) is 10.2. The monoisotopic (exact) mass is 412 g/mol. The van der Waals surface area contributed by atoms with Crippen molar-refractivity contribution >= 4 is 28.4 Å². The number of benzene rings is 2. The van der Waals surface area contributed by atoms with Gasteiger partial charge in [0.2, 0.25) is 11.8 Å². The Kier molecular flexibility index (Phi) is 6.08. The number of para-hydroxylation sites is 1. The molecule has 2 aromatic carbocycles. The Balaban J connectivity index is 1.45. The summed E-state index contributed by atoms with van der Waals surface area (Å²) >= 11 is 0. The molecule has 2 aromatic heterocycles. The lowest BCUT2D eigenvalue weighted by atomic mass is 10.0. The van der Waals surface area contributed by atoms with Crippen LogP contribution >= 0.6 is 0 Å². The number of aromatic amines is 1. The topological polar surface area (TPSA) is 86.9 Å². The van der Waals surface area contributed by atoms with Crippen LogP contribution in [0.2, 0.25) is 0 Å². The van der Waals surface area contributed by atoms with Gasteiger partial charge in [-0.3, -0.25) is 14.6 Å². The minimum Gasteiger partial charge on any atom is -0.361 e. The van der Waals surface area contributed by atoms with Crippen molar-refractivity contribution in [2.45, 2.75) is 25.8 Å². The molecule has 6 nitrogen and oxygen atoms in total. The highest BCUT2D eigenvalue weighted by Gasteiger charge is 2.21. The highest BCUT2D eigenvalue weighted by molar-refractivity contribution is 5.97. The molecule has 0 aliphatic rings. The SMILES string of the molecule is CC(=O)NC(Cc1c[nH]c2ccccc12)C(=O)Nc1ccc(Cc2ccncc2)cc1. The fourth-order valence-electron chi connectivity index (χ4n) is 3.65. The van der Waals surface area contributed by atoms with Gasteiger partial charge in [0.25, 0.3) is 0 Å². The molecule has 0 saturated carbocycles. The van der Waals surface area contributed by atoms with Crippen LogP contribution < -0.4 is 10.6 Å². The first-order valence-corrected chi connectivity index (χ1v) is 10.2. The number of carbonyl (C=O) groups excluding carboxylic acids is 2. The van der Waals surface area contributed by atoms with Crippen LogP contribution in [0.4, 0.5) is 5.69 Å². The average Bonchev–Trinajstić information content (AvgIpc) is 3.18. The van der Waals surface area contributed by atoms with Crippen molar-refractivity contribution in [1.82, 2.24) is 15.3 Å². The zero-order valence-corrected chi connectivity index (χ0v) is 17.3. The lowest BCUT2D eigenvalue weighted by Gasteiger charge is -2.17. The lowest BCUT2D eigenvalue weighted by Crippen LogP contribution is -2.44. The maximum absolute atomic E-state index is 12.9. The Hall–Kier alpha value is -3.93. The summed E-state index contributed by atoms with van der Waals surface area (Å²) in [5, 5.41) is 6.75. The van der Waals surface area contributed by atoms with Gasteiger partial charge in [0.1, 0.15) is 6.04 Å². The van der Waals surface area contributed by atoms with Crippen LogP contribution in [0.5, 0.6) is 0 Å². The summed E-state index contributed by atoms with van der Waals surface area (Å²) in [7, 11) is 0. The molecule has 1 atom stereocenters. The average molecular weight is 412 g/mol. The minimum atomic E-state index is -0.673. The molecule has 3 N–H and O–H groups in total. The van der Waals surface area contributed by atoms with Gasteiger partial charge in [0, 0.05) is 48.5 Å². The third-order valence-electron chi connectivity index (χ3n) is 5.17. The van der Waals surface area contributed by atoms with Gasteiger partial charge >= 0.3 is 0 Å². The lowest BCUT2D eigenvalue weighted by molar-refractivity contribution is -0.125. The van der Waals surface area contributed by atoms with Gasteiger partial charge in [0.15, 0.2) is 0 Å². The fraction of sp³-hybridized carbons (Fsp3) is 0.160. The number of amides is 2. The van der Waals surface area contributed by atoms with Gasteiger partial charge in [-0.15, -0.1) is 0 Å². The van der Waals surface area contributed by atoms with E-state index in [-0.39, 0.29) is 11.8 Å². The van der Waals surface area contributed by atoms with Crippen molar-refractivity contribution in [2.75, 3.05) is 5.32 Å². The maximum atomic E-state index is 12.9. The van der Waals surface area contributed by atoms with Crippen LogP contribution in [0, 0.1) is 0 Å². The Morgan fingerprint density at radius 2 is 1.68 bits per heavy atom. The summed E-state index contributed by atoms with van der Waals surface area (Å²) in [6.45, 7) is 1.42. The van der Waals surface area contributed by atoms with Crippen molar-refractivity contribution < 1.29 is 9.59 Å². The largest absolute Gasteiger partial charge is 0.361 e. The van der Waals surface area contributed by atoms with Gasteiger partial charge in [-0.2, -0.15) is 0 Å². The normalized spacial score (nSPS) is 11.8. The molecular formula is C25H24N4O2. The quantitative estimate of drug-likeness (QED) is 0.431. The van der Waals surface area contributed by atoms with Gasteiger partial charge in [-0.1, -0.05) is 30.3 Å². The van der Waals surface area contributed by atoms with Crippen LogP contribution in [0.25, 0.3) is 10.9 Å². The van der Waals surface area contributed by atoms with Gasteiger partial charge in [-0.05, 0) is 53.4 Å². The summed E-state index contributed by atoms with van der Waals surface area (Å²) in [5.41, 5.74) is 5.00. The minimum absolute atomic E-state index is 0.243. The van der Waals surface area contributed by atoms with E-state index >= 15 is 0 Å². The van der Waals surface area contributed by atoms with E-state index in [1.165, 1.54) is 12.5 Å². The third kappa shape index (κ3) is 5.17. The third-order valence-corrected chi connectivity index (χ3v) is 5.17. The Morgan fingerprint density at radius 3 is 2.42 bits per heavy atom. The number of hydrogen-bond acceptors (Lipinski definition) is 3. The molecule has 0 aliphatic heterocycles. The van der Waals surface area contributed by atoms with Crippen molar-refractivity contribution in [2.24, 2.45) is 0 Å². The number of rotatable bonds is 7. The number of nitrogens with one attached hydrogen (secondary N) is 3. The maximum Gasteiger partial charge on any atom is 0.247 e. The predicted molar refractivity (Wildman–Crippen MR) is 122 cm³/mol. The van der Waals surface area contributed by atoms with Gasteiger partial charge < -0.3 is 15.6 Å².